The number of carbonyl (C=O) groups excluding carboxylic acids is 2. The summed E-state index contributed by atoms with van der Waals surface area (Å²) in [5, 5.41) is 2.70. The first-order valence-corrected chi connectivity index (χ1v) is 8.24. The van der Waals surface area contributed by atoms with Gasteiger partial charge in [0.05, 0.1) is 13.0 Å². The van der Waals surface area contributed by atoms with Crippen molar-refractivity contribution in [3.8, 4) is 0 Å². The van der Waals surface area contributed by atoms with Crippen LogP contribution in [0.2, 0.25) is 0 Å². The van der Waals surface area contributed by atoms with Crippen molar-refractivity contribution in [2.75, 3.05) is 13.1 Å². The van der Waals surface area contributed by atoms with E-state index in [0.29, 0.717) is 5.56 Å². The van der Waals surface area contributed by atoms with Gasteiger partial charge in [0, 0.05) is 25.2 Å². The number of amides is 2. The minimum absolute atomic E-state index is 0.0168. The minimum Gasteiger partial charge on any atom is -0.346 e. The molecule has 136 valence electrons. The van der Waals surface area contributed by atoms with Crippen molar-refractivity contribution in [1.29, 1.82) is 0 Å². The van der Waals surface area contributed by atoms with E-state index < -0.39 is 23.9 Å². The third kappa shape index (κ3) is 4.59. The molecule has 3 rings (SSSR count). The summed E-state index contributed by atoms with van der Waals surface area (Å²) in [5.41, 5.74) is 0.705. The number of piperidine rings is 1. The molecule has 0 unspecified atom stereocenters. The molecule has 8 heteroatoms. The Morgan fingerprint density at radius 1 is 1.27 bits per heavy atom. The van der Waals surface area contributed by atoms with Gasteiger partial charge in [0.2, 0.25) is 5.91 Å². The number of hydrogen-bond acceptors (Lipinski definition) is 4. The zero-order valence-corrected chi connectivity index (χ0v) is 13.9. The molecule has 0 aliphatic carbocycles. The molecule has 1 aliphatic rings. The van der Waals surface area contributed by atoms with Crippen LogP contribution in [0.5, 0.6) is 0 Å². The van der Waals surface area contributed by atoms with Crippen LogP contribution in [0.1, 0.15) is 22.5 Å². The first kappa shape index (κ1) is 17.9. The molecule has 6 nitrogen and oxygen atoms in total. The highest BCUT2D eigenvalue weighted by molar-refractivity contribution is 5.92. The Bertz CT molecular complexity index is 788. The van der Waals surface area contributed by atoms with E-state index in [-0.39, 0.29) is 37.5 Å². The van der Waals surface area contributed by atoms with Gasteiger partial charge in [-0.25, -0.2) is 18.7 Å². The van der Waals surface area contributed by atoms with Crippen LogP contribution in [0.25, 0.3) is 0 Å². The van der Waals surface area contributed by atoms with E-state index in [1.54, 1.807) is 6.07 Å². The predicted octanol–water partition coefficient (Wildman–Crippen LogP) is 1.53. The summed E-state index contributed by atoms with van der Waals surface area (Å²) < 4.78 is 27.3. The first-order valence-electron chi connectivity index (χ1n) is 8.24. The van der Waals surface area contributed by atoms with Gasteiger partial charge >= 0.3 is 0 Å². The van der Waals surface area contributed by atoms with Gasteiger partial charge in [-0.05, 0) is 23.8 Å². The molecule has 2 heterocycles. The van der Waals surface area contributed by atoms with Crippen molar-refractivity contribution in [3.63, 3.8) is 0 Å². The monoisotopic (exact) mass is 360 g/mol. The van der Waals surface area contributed by atoms with E-state index >= 15 is 0 Å². The number of likely N-dealkylation sites (tertiary alicyclic amines) is 1. The van der Waals surface area contributed by atoms with Crippen LogP contribution in [-0.2, 0) is 11.2 Å². The molecule has 1 N–H and O–H groups in total. The summed E-state index contributed by atoms with van der Waals surface area (Å²) in [6.07, 6.45) is 1.56. The Hall–Kier alpha value is -2.90. The third-order valence-corrected chi connectivity index (χ3v) is 4.15. The van der Waals surface area contributed by atoms with E-state index in [2.05, 4.69) is 15.3 Å². The lowest BCUT2D eigenvalue weighted by molar-refractivity contribution is -0.133. The molecule has 1 fully saturated rings. The molecule has 1 aromatic heterocycles. The number of alkyl halides is 1. The zero-order chi connectivity index (χ0) is 18.5. The highest BCUT2D eigenvalue weighted by Crippen LogP contribution is 2.16. The quantitative estimate of drug-likeness (QED) is 0.897. The number of halogens is 2. The van der Waals surface area contributed by atoms with E-state index in [9.17, 15) is 18.4 Å². The lowest BCUT2D eigenvalue weighted by atomic mass is 10.0. The van der Waals surface area contributed by atoms with Crippen molar-refractivity contribution in [2.24, 2.45) is 0 Å². The maximum absolute atomic E-state index is 14.1. The van der Waals surface area contributed by atoms with Gasteiger partial charge in [-0.3, -0.25) is 9.59 Å². The van der Waals surface area contributed by atoms with Gasteiger partial charge in [0.1, 0.15) is 24.0 Å². The lowest BCUT2D eigenvalue weighted by Gasteiger charge is -2.35. The predicted molar refractivity (Wildman–Crippen MR) is 89.5 cm³/mol. The Labute approximate surface area is 149 Å². The zero-order valence-electron chi connectivity index (χ0n) is 13.9. The van der Waals surface area contributed by atoms with Crippen molar-refractivity contribution in [1.82, 2.24) is 20.2 Å². The van der Waals surface area contributed by atoms with Crippen molar-refractivity contribution in [3.05, 3.63) is 59.9 Å². The van der Waals surface area contributed by atoms with E-state index in [1.165, 1.54) is 41.7 Å². The molecule has 2 amide bonds. The van der Waals surface area contributed by atoms with Crippen LogP contribution in [0.4, 0.5) is 8.78 Å². The highest BCUT2D eigenvalue weighted by Gasteiger charge is 2.31. The number of benzene rings is 1. The number of carbonyl (C=O) groups is 2. The summed E-state index contributed by atoms with van der Waals surface area (Å²) in [4.78, 5) is 33.5. The normalized spacial score (nSPS) is 19.8. The summed E-state index contributed by atoms with van der Waals surface area (Å²) in [5.74, 6) is -1.17. The fourth-order valence-electron chi connectivity index (χ4n) is 2.96. The third-order valence-electron chi connectivity index (χ3n) is 4.15. The molecule has 1 aromatic carbocycles. The van der Waals surface area contributed by atoms with Crippen LogP contribution in [-0.4, -0.2) is 52.0 Å². The van der Waals surface area contributed by atoms with Crippen LogP contribution >= 0.6 is 0 Å². The van der Waals surface area contributed by atoms with Crippen molar-refractivity contribution < 1.29 is 18.4 Å². The maximum atomic E-state index is 14.1. The second-order valence-corrected chi connectivity index (χ2v) is 6.20. The molecular weight excluding hydrogens is 342 g/mol. The Morgan fingerprint density at radius 2 is 2.12 bits per heavy atom. The first-order chi connectivity index (χ1) is 12.5. The highest BCUT2D eigenvalue weighted by atomic mass is 19.1. The Balaban J connectivity index is 1.62. The van der Waals surface area contributed by atoms with Crippen molar-refractivity contribution in [2.45, 2.75) is 25.1 Å². The number of rotatable bonds is 4. The average Bonchev–Trinajstić information content (AvgIpc) is 2.62. The molecule has 1 aliphatic heterocycles. The minimum atomic E-state index is -1.24. The molecule has 2 atom stereocenters. The number of nitrogens with one attached hydrogen (secondary N) is 1. The van der Waals surface area contributed by atoms with Crippen molar-refractivity contribution >= 4 is 11.8 Å². The average molecular weight is 360 g/mol. The fourth-order valence-corrected chi connectivity index (χ4v) is 2.96. The molecule has 26 heavy (non-hydrogen) atoms. The van der Waals surface area contributed by atoms with Gasteiger partial charge in [-0.15, -0.1) is 0 Å². The van der Waals surface area contributed by atoms with Gasteiger partial charge in [0.15, 0.2) is 0 Å². The molecule has 0 bridgehead atoms. The molecule has 2 aromatic rings. The summed E-state index contributed by atoms with van der Waals surface area (Å²) in [6, 6.07) is 6.69. The number of aromatic nitrogens is 2. The second kappa shape index (κ2) is 7.99. The van der Waals surface area contributed by atoms with Crippen LogP contribution < -0.4 is 5.32 Å². The topological polar surface area (TPSA) is 75.2 Å². The summed E-state index contributed by atoms with van der Waals surface area (Å²) in [6.45, 7) is 0.166. The fraction of sp³-hybridized carbons (Fsp3) is 0.333. The lowest BCUT2D eigenvalue weighted by Crippen LogP contribution is -2.53. The van der Waals surface area contributed by atoms with Gasteiger partial charge < -0.3 is 10.2 Å². The standard InChI is InChI=1S/C18H18F2N4O2/c19-13-3-1-2-12(6-13)7-17(25)24-9-14(20)8-15(10-24)23-18(26)16-4-5-21-11-22-16/h1-6,11,14-15H,7-10H2,(H,23,26)/t14-,15+/m1/s1. The molecule has 1 saturated heterocycles. The number of nitrogens with zero attached hydrogens (tertiary/aromatic N) is 3. The molecule has 0 radical (unpaired) electrons. The maximum Gasteiger partial charge on any atom is 0.270 e. The Morgan fingerprint density at radius 3 is 2.85 bits per heavy atom. The van der Waals surface area contributed by atoms with Crippen LogP contribution in [0.15, 0.2) is 42.9 Å². The van der Waals surface area contributed by atoms with E-state index in [1.807, 2.05) is 0 Å². The summed E-state index contributed by atoms with van der Waals surface area (Å²) >= 11 is 0. The second-order valence-electron chi connectivity index (χ2n) is 6.20. The van der Waals surface area contributed by atoms with Crippen LogP contribution in [0, 0.1) is 5.82 Å². The largest absolute Gasteiger partial charge is 0.346 e. The molecule has 0 saturated carbocycles. The van der Waals surface area contributed by atoms with E-state index in [0.717, 1.165) is 0 Å². The van der Waals surface area contributed by atoms with Gasteiger partial charge in [-0.1, -0.05) is 12.1 Å². The molecular formula is C18H18F2N4O2. The Kier molecular flexibility index (Phi) is 5.50. The van der Waals surface area contributed by atoms with Gasteiger partial charge in [0.25, 0.3) is 5.91 Å². The van der Waals surface area contributed by atoms with E-state index in [4.69, 9.17) is 0 Å². The summed E-state index contributed by atoms with van der Waals surface area (Å²) in [7, 11) is 0. The molecule has 0 spiro atoms. The van der Waals surface area contributed by atoms with Gasteiger partial charge in [-0.2, -0.15) is 0 Å². The van der Waals surface area contributed by atoms with Crippen LogP contribution in [0.3, 0.4) is 0 Å². The smallest absolute Gasteiger partial charge is 0.270 e. The number of hydrogen-bond donors (Lipinski definition) is 1. The SMILES string of the molecule is O=C(N[C@H]1C[C@@H](F)CN(C(=O)Cc2cccc(F)c2)C1)c1ccncn1.